The maximum atomic E-state index is 12.1. The Morgan fingerprint density at radius 3 is 2.00 bits per heavy atom. The molecule has 1 nitrogen and oxygen atoms in total. The molecule has 0 radical (unpaired) electrons. The number of rotatable bonds is 15. The van der Waals surface area contributed by atoms with E-state index in [0.29, 0.717) is 11.7 Å². The highest BCUT2D eigenvalue weighted by atomic mass is 16.1. The highest BCUT2D eigenvalue weighted by Crippen LogP contribution is 2.27. The standard InChI is InChI=1S/C27H38O/c1-2-3-4-5-12-20-27(28)21-14-13-19-26(25-17-10-7-11-18-25)23-22-24-15-8-6-9-16-24/h6-11,15-18,26H,2-5,12-14,19-23H2,1H3. The van der Waals surface area contributed by atoms with Crippen LogP contribution in [0.1, 0.15) is 94.6 Å². The summed E-state index contributed by atoms with van der Waals surface area (Å²) in [5, 5.41) is 0. The van der Waals surface area contributed by atoms with E-state index in [1.54, 1.807) is 0 Å². The van der Waals surface area contributed by atoms with Gasteiger partial charge < -0.3 is 0 Å². The number of Topliss-reactive ketones (excluding diaryl/α,β-unsaturated/α-hetero) is 1. The van der Waals surface area contributed by atoms with Gasteiger partial charge in [-0.25, -0.2) is 0 Å². The van der Waals surface area contributed by atoms with Crippen molar-refractivity contribution in [1.82, 2.24) is 0 Å². The van der Waals surface area contributed by atoms with Crippen LogP contribution in [0, 0.1) is 0 Å². The summed E-state index contributed by atoms with van der Waals surface area (Å²) in [6.07, 6.45) is 13.4. The molecule has 0 amide bonds. The van der Waals surface area contributed by atoms with Gasteiger partial charge in [-0.15, -0.1) is 0 Å². The third-order valence-corrected chi connectivity index (χ3v) is 5.71. The Bertz CT molecular complexity index is 632. The molecule has 0 fully saturated rings. The van der Waals surface area contributed by atoms with Crippen LogP contribution in [0.5, 0.6) is 0 Å². The van der Waals surface area contributed by atoms with Crippen molar-refractivity contribution in [3.8, 4) is 0 Å². The van der Waals surface area contributed by atoms with Crippen molar-refractivity contribution in [2.45, 2.75) is 89.9 Å². The summed E-state index contributed by atoms with van der Waals surface area (Å²) in [5.41, 5.74) is 2.86. The summed E-state index contributed by atoms with van der Waals surface area (Å²) in [6, 6.07) is 21.7. The maximum absolute atomic E-state index is 12.1. The number of hydrogen-bond donors (Lipinski definition) is 0. The SMILES string of the molecule is CCCCCCCC(=O)CCCCC(CCc1ccccc1)c1ccccc1. The summed E-state index contributed by atoms with van der Waals surface area (Å²) >= 11 is 0. The Hall–Kier alpha value is -1.89. The van der Waals surface area contributed by atoms with Crippen LogP contribution in [0.25, 0.3) is 0 Å². The van der Waals surface area contributed by atoms with E-state index in [2.05, 4.69) is 67.6 Å². The second-order valence-corrected chi connectivity index (χ2v) is 8.08. The van der Waals surface area contributed by atoms with Crippen LogP contribution in [-0.2, 0) is 11.2 Å². The lowest BCUT2D eigenvalue weighted by atomic mass is 9.87. The maximum Gasteiger partial charge on any atom is 0.132 e. The zero-order valence-electron chi connectivity index (χ0n) is 17.7. The molecule has 0 heterocycles. The van der Waals surface area contributed by atoms with Gasteiger partial charge in [0.2, 0.25) is 0 Å². The minimum atomic E-state index is 0.469. The summed E-state index contributed by atoms with van der Waals surface area (Å²) in [7, 11) is 0. The Balaban J connectivity index is 1.71. The van der Waals surface area contributed by atoms with E-state index in [1.165, 1.54) is 49.7 Å². The van der Waals surface area contributed by atoms with Crippen LogP contribution in [0.3, 0.4) is 0 Å². The van der Waals surface area contributed by atoms with Gasteiger partial charge in [-0.3, -0.25) is 4.79 Å². The molecule has 0 aliphatic carbocycles. The molecule has 2 aromatic rings. The van der Waals surface area contributed by atoms with Gasteiger partial charge in [-0.1, -0.05) is 99.7 Å². The molecule has 152 valence electrons. The fourth-order valence-corrected chi connectivity index (χ4v) is 3.95. The van der Waals surface area contributed by atoms with Gasteiger partial charge in [0, 0.05) is 12.8 Å². The predicted molar refractivity (Wildman–Crippen MR) is 121 cm³/mol. The van der Waals surface area contributed by atoms with Crippen LogP contribution in [0.4, 0.5) is 0 Å². The fourth-order valence-electron chi connectivity index (χ4n) is 3.95. The second-order valence-electron chi connectivity index (χ2n) is 8.08. The average Bonchev–Trinajstić information content (AvgIpc) is 2.74. The third kappa shape index (κ3) is 9.35. The van der Waals surface area contributed by atoms with E-state index in [1.807, 2.05) is 0 Å². The zero-order chi connectivity index (χ0) is 19.9. The van der Waals surface area contributed by atoms with Crippen LogP contribution < -0.4 is 0 Å². The van der Waals surface area contributed by atoms with Crippen molar-refractivity contribution in [3.63, 3.8) is 0 Å². The lowest BCUT2D eigenvalue weighted by Crippen LogP contribution is -2.03. The quantitative estimate of drug-likeness (QED) is 0.288. The van der Waals surface area contributed by atoms with E-state index in [4.69, 9.17) is 0 Å². The van der Waals surface area contributed by atoms with Gasteiger partial charge in [0.1, 0.15) is 5.78 Å². The second kappa shape index (κ2) is 14.2. The van der Waals surface area contributed by atoms with Gasteiger partial charge in [0.05, 0.1) is 0 Å². The van der Waals surface area contributed by atoms with Gasteiger partial charge >= 0.3 is 0 Å². The van der Waals surface area contributed by atoms with Crippen molar-refractivity contribution in [1.29, 1.82) is 0 Å². The van der Waals surface area contributed by atoms with Crippen molar-refractivity contribution in [3.05, 3.63) is 71.8 Å². The monoisotopic (exact) mass is 378 g/mol. The first-order valence-corrected chi connectivity index (χ1v) is 11.4. The highest BCUT2D eigenvalue weighted by Gasteiger charge is 2.12. The summed E-state index contributed by atoms with van der Waals surface area (Å²) in [5.74, 6) is 1.06. The largest absolute Gasteiger partial charge is 0.300 e. The number of aryl methyl sites for hydroxylation is 1. The van der Waals surface area contributed by atoms with Gasteiger partial charge in [-0.05, 0) is 49.1 Å². The van der Waals surface area contributed by atoms with E-state index in [9.17, 15) is 4.79 Å². The molecule has 2 rings (SSSR count). The van der Waals surface area contributed by atoms with Gasteiger partial charge in [0.25, 0.3) is 0 Å². The summed E-state index contributed by atoms with van der Waals surface area (Å²) in [4.78, 5) is 12.1. The first kappa shape index (κ1) is 22.4. The first-order valence-electron chi connectivity index (χ1n) is 11.4. The molecule has 0 bridgehead atoms. The lowest BCUT2D eigenvalue weighted by Gasteiger charge is -2.17. The molecule has 0 N–H and O–H groups in total. The molecule has 0 saturated carbocycles. The molecular formula is C27H38O. The molecule has 0 spiro atoms. The number of carbonyl (C=O) groups is 1. The molecule has 0 aromatic heterocycles. The number of carbonyl (C=O) groups excluding carboxylic acids is 1. The van der Waals surface area contributed by atoms with Crippen LogP contribution in [0.2, 0.25) is 0 Å². The number of unbranched alkanes of at least 4 members (excludes halogenated alkanes) is 5. The average molecular weight is 379 g/mol. The van der Waals surface area contributed by atoms with Crippen molar-refractivity contribution < 1.29 is 4.79 Å². The normalized spacial score (nSPS) is 12.0. The Labute approximate surface area is 172 Å². The topological polar surface area (TPSA) is 17.1 Å². The van der Waals surface area contributed by atoms with E-state index >= 15 is 0 Å². The van der Waals surface area contributed by atoms with Crippen LogP contribution in [0.15, 0.2) is 60.7 Å². The van der Waals surface area contributed by atoms with Crippen molar-refractivity contribution in [2.24, 2.45) is 0 Å². The predicted octanol–water partition coefficient (Wildman–Crippen LogP) is 7.89. The summed E-state index contributed by atoms with van der Waals surface area (Å²) < 4.78 is 0. The molecule has 0 aliphatic heterocycles. The van der Waals surface area contributed by atoms with Crippen LogP contribution >= 0.6 is 0 Å². The van der Waals surface area contributed by atoms with Crippen LogP contribution in [-0.4, -0.2) is 5.78 Å². The molecule has 28 heavy (non-hydrogen) atoms. The molecule has 2 aromatic carbocycles. The smallest absolute Gasteiger partial charge is 0.132 e. The fraction of sp³-hybridized carbons (Fsp3) is 0.519. The minimum absolute atomic E-state index is 0.469. The highest BCUT2D eigenvalue weighted by molar-refractivity contribution is 5.78. The van der Waals surface area contributed by atoms with E-state index in [0.717, 1.165) is 38.5 Å². The van der Waals surface area contributed by atoms with Gasteiger partial charge in [0.15, 0.2) is 0 Å². The van der Waals surface area contributed by atoms with E-state index in [-0.39, 0.29) is 0 Å². The molecule has 1 unspecified atom stereocenters. The Morgan fingerprint density at radius 2 is 1.32 bits per heavy atom. The Kier molecular flexibility index (Phi) is 11.3. The van der Waals surface area contributed by atoms with Gasteiger partial charge in [-0.2, -0.15) is 0 Å². The first-order chi connectivity index (χ1) is 13.8. The molecular weight excluding hydrogens is 340 g/mol. The van der Waals surface area contributed by atoms with E-state index < -0.39 is 0 Å². The third-order valence-electron chi connectivity index (χ3n) is 5.71. The molecule has 1 atom stereocenters. The lowest BCUT2D eigenvalue weighted by molar-refractivity contribution is -0.119. The number of hydrogen-bond acceptors (Lipinski definition) is 1. The van der Waals surface area contributed by atoms with Crippen molar-refractivity contribution in [2.75, 3.05) is 0 Å². The molecule has 0 saturated heterocycles. The number of ketones is 1. The number of benzene rings is 2. The Morgan fingerprint density at radius 1 is 0.714 bits per heavy atom. The summed E-state index contributed by atoms with van der Waals surface area (Å²) in [6.45, 7) is 2.23. The minimum Gasteiger partial charge on any atom is -0.300 e. The van der Waals surface area contributed by atoms with Crippen molar-refractivity contribution >= 4 is 5.78 Å². The molecule has 0 aliphatic rings. The molecule has 1 heteroatoms. The zero-order valence-corrected chi connectivity index (χ0v) is 17.7.